The zero-order valence-corrected chi connectivity index (χ0v) is 35.5. The van der Waals surface area contributed by atoms with Crippen molar-refractivity contribution in [2.24, 2.45) is 5.73 Å². The molecule has 6 amide bonds. The molecule has 2 fully saturated rings. The standard InChI is InChI=1S/C37H51N9O10S.C2HF3O2/c1-57-16-13-24(38)32(50)42-25(11-12-31(48)49)33(51)43-26(18-23-19-39-21-41-23)34(52)44-27(17-22-7-3-2-4-8-22)36(54)46-15-5-9-28(46)35(53)40-20-30(47)45-14-6-10-29(45)37(55)56;3-2(4,5)1(6)7/h2-4,7-8,19,21,24-29H,5-6,9-18,20,38H2,1H3,(H,39,41)(H,40,53)(H,42,50)(H,43,51)(H,44,52)(H,48,49)(H,55,56);(H,6,7)/t24-,25-,26-,27-,28-,29-;/m0./s1. The number of aliphatic carboxylic acids is 3. The first kappa shape index (κ1) is 52.1. The lowest BCUT2D eigenvalue weighted by atomic mass is 10.0. The summed E-state index contributed by atoms with van der Waals surface area (Å²) in [4.78, 5) is 123. The number of hydrogen-bond acceptors (Lipinski definition) is 12. The van der Waals surface area contributed by atoms with E-state index in [9.17, 15) is 61.7 Å². The minimum atomic E-state index is -5.08. The number of likely N-dealkylation sites (tertiary alicyclic amines) is 2. The summed E-state index contributed by atoms with van der Waals surface area (Å²) in [5, 5.41) is 36.4. The van der Waals surface area contributed by atoms with E-state index in [1.807, 2.05) is 6.26 Å². The second kappa shape index (κ2) is 25.2. The topological polar surface area (TPSA) is 324 Å². The number of thioether (sulfide) groups is 1. The highest BCUT2D eigenvalue weighted by atomic mass is 32.2. The Morgan fingerprint density at radius 2 is 1.44 bits per heavy atom. The smallest absolute Gasteiger partial charge is 0.481 e. The number of hydrogen-bond donors (Lipinski definition) is 9. The van der Waals surface area contributed by atoms with Crippen LogP contribution in [0.15, 0.2) is 42.9 Å². The number of imidazole rings is 1. The van der Waals surface area contributed by atoms with Gasteiger partial charge in [0.25, 0.3) is 0 Å². The van der Waals surface area contributed by atoms with E-state index in [-0.39, 0.29) is 38.8 Å². The van der Waals surface area contributed by atoms with E-state index in [1.165, 1.54) is 34.1 Å². The molecule has 25 heteroatoms. The zero-order valence-electron chi connectivity index (χ0n) is 34.7. The number of amides is 6. The van der Waals surface area contributed by atoms with E-state index < -0.39 is 109 Å². The molecule has 2 aliphatic rings. The number of nitrogens with one attached hydrogen (secondary N) is 5. The molecule has 6 atom stereocenters. The molecule has 0 spiro atoms. The fourth-order valence-electron chi connectivity index (χ4n) is 6.82. The summed E-state index contributed by atoms with van der Waals surface area (Å²) in [6, 6.07) is 2.00. The van der Waals surface area contributed by atoms with Crippen molar-refractivity contribution >= 4 is 65.1 Å². The van der Waals surface area contributed by atoms with Gasteiger partial charge >= 0.3 is 24.1 Å². The van der Waals surface area contributed by atoms with Gasteiger partial charge in [0, 0.05) is 44.2 Å². The van der Waals surface area contributed by atoms with Gasteiger partial charge in [-0.1, -0.05) is 30.3 Å². The number of aromatic nitrogens is 2. The summed E-state index contributed by atoms with van der Waals surface area (Å²) in [5.41, 5.74) is 7.13. The molecule has 2 saturated heterocycles. The Morgan fingerprint density at radius 3 is 2.02 bits per heavy atom. The number of alkyl halides is 3. The molecule has 0 saturated carbocycles. The normalized spacial score (nSPS) is 17.7. The molecule has 10 N–H and O–H groups in total. The number of nitrogens with zero attached hydrogens (tertiary/aromatic N) is 3. The van der Waals surface area contributed by atoms with Gasteiger partial charge in [-0.2, -0.15) is 24.9 Å². The largest absolute Gasteiger partial charge is 0.490 e. The number of aromatic amines is 1. The minimum absolute atomic E-state index is 0.0101. The van der Waals surface area contributed by atoms with E-state index in [0.29, 0.717) is 42.7 Å². The molecule has 3 heterocycles. The van der Waals surface area contributed by atoms with Crippen LogP contribution in [0.5, 0.6) is 0 Å². The van der Waals surface area contributed by atoms with Crippen LogP contribution in [0.4, 0.5) is 13.2 Å². The predicted molar refractivity (Wildman–Crippen MR) is 220 cm³/mol. The molecule has 0 aliphatic carbocycles. The zero-order chi connectivity index (χ0) is 47.6. The third-order valence-electron chi connectivity index (χ3n) is 10.1. The quantitative estimate of drug-likeness (QED) is 0.0756. The third kappa shape index (κ3) is 16.5. The molecule has 0 unspecified atom stereocenters. The lowest BCUT2D eigenvalue weighted by Gasteiger charge is -2.30. The van der Waals surface area contributed by atoms with E-state index in [1.54, 1.807) is 30.3 Å². The van der Waals surface area contributed by atoms with Crippen molar-refractivity contribution in [3.63, 3.8) is 0 Å². The van der Waals surface area contributed by atoms with Gasteiger partial charge in [0.1, 0.15) is 30.2 Å². The SMILES string of the molecule is CSCC[C@H](N)C(=O)N[C@@H](CCC(=O)O)C(=O)N[C@@H](Cc1cnc[nH]1)C(=O)N[C@@H](Cc1ccccc1)C(=O)N1CCC[C@H]1C(=O)NCC(=O)N1CCC[C@H]1C(=O)O.O=C(O)C(F)(F)F. The van der Waals surface area contributed by atoms with Crippen LogP contribution in [0.2, 0.25) is 0 Å². The summed E-state index contributed by atoms with van der Waals surface area (Å²) < 4.78 is 31.7. The number of benzene rings is 1. The van der Waals surface area contributed by atoms with Gasteiger partial charge in [-0.3, -0.25) is 33.6 Å². The number of nitrogens with two attached hydrogens (primary N) is 1. The van der Waals surface area contributed by atoms with E-state index in [0.717, 1.165) is 0 Å². The van der Waals surface area contributed by atoms with Crippen molar-refractivity contribution < 1.29 is 71.6 Å². The number of carbonyl (C=O) groups is 9. The molecule has 2 aliphatic heterocycles. The average Bonchev–Trinajstić information content (AvgIpc) is 4.06. The molecular formula is C39H52F3N9O12S. The number of H-pyrrole nitrogens is 1. The van der Waals surface area contributed by atoms with Crippen LogP contribution in [0.1, 0.15) is 56.2 Å². The summed E-state index contributed by atoms with van der Waals surface area (Å²) in [5.74, 6) is -8.53. The Hall–Kier alpha value is -6.24. The maximum atomic E-state index is 14.3. The molecule has 21 nitrogen and oxygen atoms in total. The molecule has 352 valence electrons. The second-order valence-electron chi connectivity index (χ2n) is 14.8. The molecule has 4 rings (SSSR count). The van der Waals surface area contributed by atoms with E-state index in [4.69, 9.17) is 15.6 Å². The van der Waals surface area contributed by atoms with Crippen LogP contribution in [-0.4, -0.2) is 163 Å². The van der Waals surface area contributed by atoms with Crippen LogP contribution in [0.3, 0.4) is 0 Å². The Bertz CT molecular complexity index is 1940. The number of carboxylic acid groups (broad SMARTS) is 3. The first-order valence-electron chi connectivity index (χ1n) is 20.0. The van der Waals surface area contributed by atoms with Crippen molar-refractivity contribution in [1.29, 1.82) is 0 Å². The van der Waals surface area contributed by atoms with Gasteiger partial charge in [0.2, 0.25) is 35.4 Å². The Labute approximate surface area is 368 Å². The third-order valence-corrected chi connectivity index (χ3v) is 10.8. The van der Waals surface area contributed by atoms with Crippen molar-refractivity contribution in [3.05, 3.63) is 54.1 Å². The Morgan fingerprint density at radius 1 is 0.844 bits per heavy atom. The Balaban J connectivity index is 0.00000143. The fraction of sp³-hybridized carbons (Fsp3) is 0.538. The van der Waals surface area contributed by atoms with Crippen molar-refractivity contribution in [2.45, 2.75) is 100 Å². The number of carboxylic acids is 3. The molecule has 64 heavy (non-hydrogen) atoms. The maximum absolute atomic E-state index is 14.3. The maximum Gasteiger partial charge on any atom is 0.490 e. The average molecular weight is 928 g/mol. The van der Waals surface area contributed by atoms with Gasteiger partial charge in [0.05, 0.1) is 18.9 Å². The Kier molecular flexibility index (Phi) is 20.5. The lowest BCUT2D eigenvalue weighted by Crippen LogP contribution is -2.59. The first-order chi connectivity index (χ1) is 30.2. The van der Waals surface area contributed by atoms with Gasteiger partial charge in [0.15, 0.2) is 0 Å². The van der Waals surface area contributed by atoms with E-state index >= 15 is 0 Å². The predicted octanol–water partition coefficient (Wildman–Crippen LogP) is -0.589. The first-order valence-corrected chi connectivity index (χ1v) is 21.4. The minimum Gasteiger partial charge on any atom is -0.481 e. The van der Waals surface area contributed by atoms with Crippen LogP contribution >= 0.6 is 11.8 Å². The van der Waals surface area contributed by atoms with Gasteiger partial charge in [-0.15, -0.1) is 0 Å². The summed E-state index contributed by atoms with van der Waals surface area (Å²) in [6.07, 6.45) is 0.591. The highest BCUT2D eigenvalue weighted by Gasteiger charge is 2.40. The highest BCUT2D eigenvalue weighted by molar-refractivity contribution is 7.98. The van der Waals surface area contributed by atoms with Crippen molar-refractivity contribution in [2.75, 3.05) is 31.6 Å². The van der Waals surface area contributed by atoms with Gasteiger partial charge in [-0.25, -0.2) is 14.6 Å². The molecule has 0 bridgehead atoms. The van der Waals surface area contributed by atoms with Gasteiger partial charge in [-0.05, 0) is 56.1 Å². The van der Waals surface area contributed by atoms with Crippen molar-refractivity contribution in [1.82, 2.24) is 41.0 Å². The number of halogens is 3. The summed E-state index contributed by atoms with van der Waals surface area (Å²) in [6.45, 7) is -0.0118. The number of carbonyl (C=O) groups excluding carboxylic acids is 6. The van der Waals surface area contributed by atoms with Crippen LogP contribution in [-0.2, 0) is 56.0 Å². The second-order valence-corrected chi connectivity index (χ2v) is 15.8. The summed E-state index contributed by atoms with van der Waals surface area (Å²) in [7, 11) is 0. The lowest BCUT2D eigenvalue weighted by molar-refractivity contribution is -0.192. The van der Waals surface area contributed by atoms with E-state index in [2.05, 4.69) is 31.2 Å². The van der Waals surface area contributed by atoms with Gasteiger partial charge < -0.3 is 57.1 Å². The molecular weight excluding hydrogens is 876 g/mol. The van der Waals surface area contributed by atoms with Crippen LogP contribution < -0.4 is 27.0 Å². The van der Waals surface area contributed by atoms with Crippen molar-refractivity contribution in [3.8, 4) is 0 Å². The molecule has 2 aromatic rings. The fourth-order valence-corrected chi connectivity index (χ4v) is 7.31. The molecule has 0 radical (unpaired) electrons. The van der Waals surface area contributed by atoms with Crippen LogP contribution in [0.25, 0.3) is 0 Å². The monoisotopic (exact) mass is 927 g/mol. The van der Waals surface area contributed by atoms with Crippen LogP contribution in [0, 0.1) is 0 Å². The highest BCUT2D eigenvalue weighted by Crippen LogP contribution is 2.21. The molecule has 1 aromatic heterocycles. The molecule has 1 aromatic carbocycles. The summed E-state index contributed by atoms with van der Waals surface area (Å²) >= 11 is 1.48. The number of rotatable bonds is 21.